The maximum absolute atomic E-state index is 10.9. The quantitative estimate of drug-likeness (QED) is 0.533. The Balaban J connectivity index is 0.000000800. The Labute approximate surface area is 177 Å². The van der Waals surface area contributed by atoms with E-state index in [0.717, 1.165) is 32.1 Å². The summed E-state index contributed by atoms with van der Waals surface area (Å²) in [5, 5.41) is 19.9. The molecule has 2 saturated carbocycles. The number of phenolic OH excluding ortho intramolecular Hbond substituents is 1. The van der Waals surface area contributed by atoms with Gasteiger partial charge in [0.25, 0.3) is 0 Å². The molecule has 0 aromatic heterocycles. The van der Waals surface area contributed by atoms with Crippen LogP contribution < -0.4 is 0 Å². The Bertz CT molecular complexity index is 564. The van der Waals surface area contributed by atoms with Gasteiger partial charge in [-0.3, -0.25) is 0 Å². The van der Waals surface area contributed by atoms with Gasteiger partial charge in [-0.25, -0.2) is 0 Å². The maximum atomic E-state index is 10.9. The molecule has 2 N–H and O–H groups in total. The molecule has 0 spiro atoms. The van der Waals surface area contributed by atoms with Crippen LogP contribution in [0.3, 0.4) is 0 Å². The van der Waals surface area contributed by atoms with Crippen LogP contribution in [0.25, 0.3) is 0 Å². The van der Waals surface area contributed by atoms with Crippen molar-refractivity contribution in [1.29, 1.82) is 0 Å². The maximum Gasteiger partial charge on any atom is 0.115 e. The van der Waals surface area contributed by atoms with E-state index in [0.29, 0.717) is 41.4 Å². The van der Waals surface area contributed by atoms with Crippen LogP contribution in [0, 0.1) is 24.2 Å². The van der Waals surface area contributed by atoms with Gasteiger partial charge in [-0.15, -0.1) is 0 Å². The Morgan fingerprint density at radius 2 is 1.86 bits per heavy atom. The van der Waals surface area contributed by atoms with E-state index in [-0.39, 0.29) is 18.9 Å². The molecule has 0 bridgehead atoms. The molecule has 2 aliphatic carbocycles. The van der Waals surface area contributed by atoms with Crippen LogP contribution in [0.5, 0.6) is 5.75 Å². The lowest BCUT2D eigenvalue weighted by molar-refractivity contribution is -0.0141. The molecule has 0 amide bonds. The van der Waals surface area contributed by atoms with Gasteiger partial charge in [0, 0.05) is 17.9 Å². The number of aryl methyl sites for hydroxylation is 1. The van der Waals surface area contributed by atoms with E-state index in [9.17, 15) is 14.1 Å². The predicted molar refractivity (Wildman–Crippen MR) is 123 cm³/mol. The minimum Gasteiger partial charge on any atom is -0.508 e. The van der Waals surface area contributed by atoms with Crippen molar-refractivity contribution in [3.05, 3.63) is 29.3 Å². The van der Waals surface area contributed by atoms with Crippen molar-refractivity contribution in [3.63, 3.8) is 0 Å². The van der Waals surface area contributed by atoms with Crippen molar-refractivity contribution in [2.75, 3.05) is 5.75 Å². The van der Waals surface area contributed by atoms with E-state index in [1.165, 1.54) is 11.1 Å². The zero-order valence-electron chi connectivity index (χ0n) is 18.0. The van der Waals surface area contributed by atoms with Crippen molar-refractivity contribution in [2.45, 2.75) is 93.1 Å². The molecule has 2 aliphatic rings. The van der Waals surface area contributed by atoms with Gasteiger partial charge in [0.2, 0.25) is 0 Å². The van der Waals surface area contributed by atoms with Gasteiger partial charge >= 0.3 is 0 Å². The monoisotopic (exact) mass is 414 g/mol. The molecule has 1 aromatic rings. The van der Waals surface area contributed by atoms with Gasteiger partial charge in [-0.05, 0) is 85.5 Å². The number of aliphatic hydroxyl groups is 1. The van der Waals surface area contributed by atoms with Crippen LogP contribution >= 0.6 is 12.1 Å². The minimum atomic E-state index is -0.114. The lowest BCUT2D eigenvalue weighted by Crippen LogP contribution is -2.41. The van der Waals surface area contributed by atoms with Gasteiger partial charge in [0.1, 0.15) is 5.75 Å². The molecule has 5 atom stereocenters. The van der Waals surface area contributed by atoms with Gasteiger partial charge in [-0.1, -0.05) is 48.1 Å². The number of fused-ring (bicyclic) bond motifs is 1. The summed E-state index contributed by atoms with van der Waals surface area (Å²) < 4.78 is 10.9. The molecular formula is C24H43FO2S. The molecule has 1 aromatic carbocycles. The van der Waals surface area contributed by atoms with Gasteiger partial charge in [-0.2, -0.15) is 3.89 Å². The second-order valence-corrected chi connectivity index (χ2v) is 8.69. The number of phenols is 1. The molecule has 164 valence electrons. The summed E-state index contributed by atoms with van der Waals surface area (Å²) >= 11 is 0.402. The van der Waals surface area contributed by atoms with Crippen LogP contribution in [-0.4, -0.2) is 22.1 Å². The highest BCUT2D eigenvalue weighted by Gasteiger charge is 2.52. The SMILES string of the molecule is C.CC.CCCSF.Cc1cc(O)ccc1C1CCC2(C)C(O)CCC2C1C. The lowest BCUT2D eigenvalue weighted by atomic mass is 9.59. The summed E-state index contributed by atoms with van der Waals surface area (Å²) in [6.07, 6.45) is 5.21. The fourth-order valence-electron chi connectivity index (χ4n) is 5.06. The topological polar surface area (TPSA) is 40.5 Å². The van der Waals surface area contributed by atoms with Crippen molar-refractivity contribution in [1.82, 2.24) is 0 Å². The molecule has 0 saturated heterocycles. The molecule has 28 heavy (non-hydrogen) atoms. The van der Waals surface area contributed by atoms with Crippen LogP contribution in [0.4, 0.5) is 3.89 Å². The fraction of sp³-hybridized carbons (Fsp3) is 0.750. The van der Waals surface area contributed by atoms with E-state index in [4.69, 9.17) is 0 Å². The summed E-state index contributed by atoms with van der Waals surface area (Å²) in [6.45, 7) is 12.7. The first-order chi connectivity index (χ1) is 12.8. The van der Waals surface area contributed by atoms with E-state index in [1.807, 2.05) is 32.9 Å². The number of aliphatic hydroxyl groups excluding tert-OH is 1. The first kappa shape index (κ1) is 27.3. The molecule has 4 heteroatoms. The summed E-state index contributed by atoms with van der Waals surface area (Å²) in [4.78, 5) is 0. The smallest absolute Gasteiger partial charge is 0.115 e. The highest BCUT2D eigenvalue weighted by Crippen LogP contribution is 2.58. The van der Waals surface area contributed by atoms with Crippen LogP contribution in [0.1, 0.15) is 91.2 Å². The molecule has 5 unspecified atom stereocenters. The average Bonchev–Trinajstić information content (AvgIpc) is 2.95. The Morgan fingerprint density at radius 3 is 2.36 bits per heavy atom. The number of hydrogen-bond acceptors (Lipinski definition) is 3. The van der Waals surface area contributed by atoms with E-state index < -0.39 is 0 Å². The molecule has 0 heterocycles. The van der Waals surface area contributed by atoms with Crippen LogP contribution in [0.2, 0.25) is 0 Å². The normalized spacial score (nSPS) is 30.7. The van der Waals surface area contributed by atoms with Crippen molar-refractivity contribution in [3.8, 4) is 5.75 Å². The molecule has 2 nitrogen and oxygen atoms in total. The molecule has 3 rings (SSSR count). The number of aromatic hydroxyl groups is 1. The van der Waals surface area contributed by atoms with Crippen LogP contribution in [-0.2, 0) is 0 Å². The third-order valence-electron chi connectivity index (χ3n) is 6.56. The van der Waals surface area contributed by atoms with Gasteiger partial charge in [0.05, 0.1) is 6.10 Å². The Hall–Kier alpha value is -0.740. The summed E-state index contributed by atoms with van der Waals surface area (Å²) in [5.74, 6) is 2.80. The van der Waals surface area contributed by atoms with E-state index in [1.54, 1.807) is 0 Å². The zero-order chi connectivity index (χ0) is 20.6. The van der Waals surface area contributed by atoms with Gasteiger partial charge in [0.15, 0.2) is 0 Å². The van der Waals surface area contributed by atoms with Crippen molar-refractivity contribution in [2.24, 2.45) is 17.3 Å². The highest BCUT2D eigenvalue weighted by atomic mass is 32.2. The predicted octanol–water partition coefficient (Wildman–Crippen LogP) is 7.67. The molecule has 0 radical (unpaired) electrons. The third-order valence-corrected chi connectivity index (χ3v) is 7.12. The Morgan fingerprint density at radius 1 is 1.21 bits per heavy atom. The molecule has 0 aliphatic heterocycles. The number of benzene rings is 1. The second-order valence-electron chi connectivity index (χ2n) is 8.06. The highest BCUT2D eigenvalue weighted by molar-refractivity contribution is 7.94. The zero-order valence-corrected chi connectivity index (χ0v) is 18.8. The molecular weight excluding hydrogens is 371 g/mol. The van der Waals surface area contributed by atoms with Crippen molar-refractivity contribution < 1.29 is 14.1 Å². The first-order valence-corrected chi connectivity index (χ1v) is 11.4. The number of rotatable bonds is 3. The van der Waals surface area contributed by atoms with E-state index in [2.05, 4.69) is 26.8 Å². The second kappa shape index (κ2) is 12.7. The number of hydrogen-bond donors (Lipinski definition) is 2. The molecule has 2 fully saturated rings. The largest absolute Gasteiger partial charge is 0.508 e. The van der Waals surface area contributed by atoms with Crippen LogP contribution in [0.15, 0.2) is 18.2 Å². The fourth-order valence-corrected chi connectivity index (χ4v) is 5.22. The average molecular weight is 415 g/mol. The lowest BCUT2D eigenvalue weighted by Gasteiger charge is -2.47. The minimum absolute atomic E-state index is 0. The number of halogens is 1. The summed E-state index contributed by atoms with van der Waals surface area (Å²) in [7, 11) is 0. The summed E-state index contributed by atoms with van der Waals surface area (Å²) in [5.41, 5.74) is 2.71. The first-order valence-electron chi connectivity index (χ1n) is 10.6. The standard InChI is InChI=1S/C18H26O2.C3H7FS.C2H6.CH4/c1-11-10-13(19)4-5-14(11)15-8-9-18(3)16(12(15)2)6-7-17(18)20;1-2-3-5-4;1-2;/h4-5,10,12,15-17,19-20H,6-9H2,1-3H3;2-3H2,1H3;1-2H3;1H4. The Kier molecular flexibility index (Phi) is 12.4. The van der Waals surface area contributed by atoms with Crippen molar-refractivity contribution >= 4 is 12.1 Å². The van der Waals surface area contributed by atoms with Gasteiger partial charge < -0.3 is 10.2 Å². The third kappa shape index (κ3) is 6.13. The summed E-state index contributed by atoms with van der Waals surface area (Å²) in [6, 6.07) is 5.78. The van der Waals surface area contributed by atoms with E-state index >= 15 is 0 Å².